The number of rotatable bonds is 6. The molecule has 0 saturated carbocycles. The summed E-state index contributed by atoms with van der Waals surface area (Å²) in [6.07, 6.45) is 5.78. The minimum atomic E-state index is 0.893. The molecule has 0 saturated heterocycles. The lowest BCUT2D eigenvalue weighted by Crippen LogP contribution is -2.15. The molecule has 2 nitrogen and oxygen atoms in total. The van der Waals surface area contributed by atoms with Crippen LogP contribution in [0.4, 0.5) is 0 Å². The standard InChI is InChI=1S/C12H20N2/c1-3-4-5-8-13-10-12-7-6-11(2)9-14-12/h6-7,9,13H,3-5,8,10H2,1-2H3. The number of nitrogens with zero attached hydrogens (tertiary/aromatic N) is 1. The van der Waals surface area contributed by atoms with Crippen LogP contribution in [0.1, 0.15) is 37.4 Å². The summed E-state index contributed by atoms with van der Waals surface area (Å²) < 4.78 is 0. The van der Waals surface area contributed by atoms with Crippen LogP contribution >= 0.6 is 0 Å². The Labute approximate surface area is 86.8 Å². The molecule has 0 amide bonds. The van der Waals surface area contributed by atoms with Crippen molar-refractivity contribution in [2.24, 2.45) is 0 Å². The SMILES string of the molecule is CCCCCNCc1ccc(C)cn1. The van der Waals surface area contributed by atoms with Gasteiger partial charge in [0.2, 0.25) is 0 Å². The van der Waals surface area contributed by atoms with Gasteiger partial charge in [-0.25, -0.2) is 0 Å². The lowest BCUT2D eigenvalue weighted by molar-refractivity contribution is 0.610. The first-order valence-corrected chi connectivity index (χ1v) is 5.45. The predicted octanol–water partition coefficient (Wildman–Crippen LogP) is 2.67. The Hall–Kier alpha value is -0.890. The van der Waals surface area contributed by atoms with E-state index in [4.69, 9.17) is 0 Å². The van der Waals surface area contributed by atoms with Gasteiger partial charge in [0, 0.05) is 12.7 Å². The first kappa shape index (κ1) is 11.2. The van der Waals surface area contributed by atoms with Crippen molar-refractivity contribution >= 4 is 0 Å². The third kappa shape index (κ3) is 4.38. The van der Waals surface area contributed by atoms with E-state index >= 15 is 0 Å². The fourth-order valence-electron chi connectivity index (χ4n) is 1.32. The van der Waals surface area contributed by atoms with Crippen molar-refractivity contribution in [1.82, 2.24) is 10.3 Å². The zero-order valence-electron chi connectivity index (χ0n) is 9.21. The van der Waals surface area contributed by atoms with Crippen LogP contribution in [0.15, 0.2) is 18.3 Å². The van der Waals surface area contributed by atoms with Gasteiger partial charge in [-0.15, -0.1) is 0 Å². The molecule has 1 N–H and O–H groups in total. The molecule has 0 fully saturated rings. The monoisotopic (exact) mass is 192 g/mol. The van der Waals surface area contributed by atoms with Crippen LogP contribution in [0.5, 0.6) is 0 Å². The van der Waals surface area contributed by atoms with Gasteiger partial charge in [0.1, 0.15) is 0 Å². The Morgan fingerprint density at radius 2 is 2.14 bits per heavy atom. The number of nitrogens with one attached hydrogen (secondary N) is 1. The van der Waals surface area contributed by atoms with Gasteiger partial charge < -0.3 is 5.32 Å². The van der Waals surface area contributed by atoms with E-state index in [0.717, 1.165) is 18.8 Å². The summed E-state index contributed by atoms with van der Waals surface area (Å²) in [6.45, 7) is 6.28. The maximum Gasteiger partial charge on any atom is 0.0541 e. The van der Waals surface area contributed by atoms with Crippen LogP contribution in [0.2, 0.25) is 0 Å². The van der Waals surface area contributed by atoms with Crippen molar-refractivity contribution in [3.8, 4) is 0 Å². The topological polar surface area (TPSA) is 24.9 Å². The number of unbranched alkanes of at least 4 members (excludes halogenated alkanes) is 2. The molecule has 0 spiro atoms. The fraction of sp³-hybridized carbons (Fsp3) is 0.583. The molecule has 14 heavy (non-hydrogen) atoms. The molecule has 0 aliphatic heterocycles. The van der Waals surface area contributed by atoms with E-state index in [1.807, 2.05) is 6.20 Å². The minimum absolute atomic E-state index is 0.893. The number of aryl methyl sites for hydroxylation is 1. The lowest BCUT2D eigenvalue weighted by Gasteiger charge is -2.03. The maximum atomic E-state index is 4.33. The molecular formula is C12H20N2. The summed E-state index contributed by atoms with van der Waals surface area (Å²) in [7, 11) is 0. The smallest absolute Gasteiger partial charge is 0.0541 e. The highest BCUT2D eigenvalue weighted by Crippen LogP contribution is 1.98. The first-order valence-electron chi connectivity index (χ1n) is 5.45. The highest BCUT2D eigenvalue weighted by molar-refractivity contribution is 5.11. The van der Waals surface area contributed by atoms with Crippen molar-refractivity contribution in [1.29, 1.82) is 0 Å². The van der Waals surface area contributed by atoms with Crippen LogP contribution in [-0.4, -0.2) is 11.5 Å². The molecule has 0 aliphatic rings. The van der Waals surface area contributed by atoms with Gasteiger partial charge in [0.05, 0.1) is 5.69 Å². The van der Waals surface area contributed by atoms with Crippen LogP contribution < -0.4 is 5.32 Å². The van der Waals surface area contributed by atoms with Gasteiger partial charge in [-0.3, -0.25) is 4.98 Å². The van der Waals surface area contributed by atoms with E-state index in [1.54, 1.807) is 0 Å². The van der Waals surface area contributed by atoms with Crippen LogP contribution in [0.3, 0.4) is 0 Å². The van der Waals surface area contributed by atoms with E-state index in [2.05, 4.69) is 36.3 Å². The minimum Gasteiger partial charge on any atom is -0.311 e. The third-order valence-electron chi connectivity index (χ3n) is 2.24. The Kier molecular flexibility index (Phi) is 5.23. The van der Waals surface area contributed by atoms with Gasteiger partial charge >= 0.3 is 0 Å². The van der Waals surface area contributed by atoms with E-state index in [-0.39, 0.29) is 0 Å². The third-order valence-corrected chi connectivity index (χ3v) is 2.24. The van der Waals surface area contributed by atoms with E-state index in [0.29, 0.717) is 0 Å². The van der Waals surface area contributed by atoms with Gasteiger partial charge in [-0.05, 0) is 31.5 Å². The molecule has 78 valence electrons. The second-order valence-corrected chi connectivity index (χ2v) is 3.71. The van der Waals surface area contributed by atoms with Crippen molar-refractivity contribution in [3.63, 3.8) is 0 Å². The molecule has 0 unspecified atom stereocenters. The molecule has 1 heterocycles. The highest BCUT2D eigenvalue weighted by Gasteiger charge is 1.92. The lowest BCUT2D eigenvalue weighted by atomic mass is 10.2. The summed E-state index contributed by atoms with van der Waals surface area (Å²) in [4.78, 5) is 4.33. The number of hydrogen-bond acceptors (Lipinski definition) is 2. The fourth-order valence-corrected chi connectivity index (χ4v) is 1.32. The van der Waals surface area contributed by atoms with Crippen LogP contribution in [0.25, 0.3) is 0 Å². The summed E-state index contributed by atoms with van der Waals surface area (Å²) in [5, 5.41) is 3.39. The molecule has 1 rings (SSSR count). The number of hydrogen-bond donors (Lipinski definition) is 1. The molecular weight excluding hydrogens is 172 g/mol. The van der Waals surface area contributed by atoms with Crippen LogP contribution in [-0.2, 0) is 6.54 Å². The molecule has 0 aromatic carbocycles. The summed E-state index contributed by atoms with van der Waals surface area (Å²) in [5.74, 6) is 0. The van der Waals surface area contributed by atoms with E-state index < -0.39 is 0 Å². The average molecular weight is 192 g/mol. The molecule has 1 aromatic rings. The van der Waals surface area contributed by atoms with Gasteiger partial charge in [-0.2, -0.15) is 0 Å². The molecule has 0 radical (unpaired) electrons. The zero-order chi connectivity index (χ0) is 10.2. The maximum absolute atomic E-state index is 4.33. The predicted molar refractivity (Wildman–Crippen MR) is 60.2 cm³/mol. The van der Waals surface area contributed by atoms with E-state index in [1.165, 1.54) is 24.8 Å². The first-order chi connectivity index (χ1) is 6.83. The average Bonchev–Trinajstić information content (AvgIpc) is 2.21. The summed E-state index contributed by atoms with van der Waals surface area (Å²) in [6, 6.07) is 4.19. The Morgan fingerprint density at radius 3 is 2.79 bits per heavy atom. The molecule has 0 aliphatic carbocycles. The van der Waals surface area contributed by atoms with Crippen molar-refractivity contribution in [3.05, 3.63) is 29.6 Å². The van der Waals surface area contributed by atoms with Crippen LogP contribution in [0, 0.1) is 6.92 Å². The largest absolute Gasteiger partial charge is 0.311 e. The Morgan fingerprint density at radius 1 is 1.29 bits per heavy atom. The van der Waals surface area contributed by atoms with Gasteiger partial charge in [-0.1, -0.05) is 25.8 Å². The Bertz CT molecular complexity index is 241. The molecule has 0 bridgehead atoms. The quantitative estimate of drug-likeness (QED) is 0.701. The van der Waals surface area contributed by atoms with Crippen molar-refractivity contribution in [2.45, 2.75) is 39.7 Å². The second-order valence-electron chi connectivity index (χ2n) is 3.71. The van der Waals surface area contributed by atoms with Crippen molar-refractivity contribution < 1.29 is 0 Å². The second kappa shape index (κ2) is 6.55. The van der Waals surface area contributed by atoms with Gasteiger partial charge in [0.15, 0.2) is 0 Å². The molecule has 1 aromatic heterocycles. The zero-order valence-corrected chi connectivity index (χ0v) is 9.21. The number of aromatic nitrogens is 1. The normalized spacial score (nSPS) is 10.4. The summed E-state index contributed by atoms with van der Waals surface area (Å²) in [5.41, 5.74) is 2.35. The summed E-state index contributed by atoms with van der Waals surface area (Å²) >= 11 is 0. The molecule has 0 atom stereocenters. The number of pyridine rings is 1. The Balaban J connectivity index is 2.15. The van der Waals surface area contributed by atoms with E-state index in [9.17, 15) is 0 Å². The van der Waals surface area contributed by atoms with Crippen molar-refractivity contribution in [2.75, 3.05) is 6.54 Å². The highest BCUT2D eigenvalue weighted by atomic mass is 14.9. The van der Waals surface area contributed by atoms with Gasteiger partial charge in [0.25, 0.3) is 0 Å². The molecule has 2 heteroatoms.